The summed E-state index contributed by atoms with van der Waals surface area (Å²) in [6.45, 7) is 5.85. The zero-order valence-corrected chi connectivity index (χ0v) is 14.8. The molecule has 1 aliphatic rings. The molecule has 0 saturated heterocycles. The van der Waals surface area contributed by atoms with E-state index in [2.05, 4.69) is 17.5 Å². The van der Waals surface area contributed by atoms with Crippen LogP contribution in [-0.2, 0) is 4.79 Å². The van der Waals surface area contributed by atoms with Gasteiger partial charge in [0.25, 0.3) is 5.91 Å². The maximum atomic E-state index is 12.1. The molecule has 0 aliphatic heterocycles. The van der Waals surface area contributed by atoms with Crippen LogP contribution in [0.25, 0.3) is 0 Å². The number of amides is 1. The van der Waals surface area contributed by atoms with Gasteiger partial charge >= 0.3 is 0 Å². The van der Waals surface area contributed by atoms with Crippen molar-refractivity contribution in [1.82, 2.24) is 5.43 Å². The Kier molecular flexibility index (Phi) is 6.46. The summed E-state index contributed by atoms with van der Waals surface area (Å²) >= 11 is 5.92. The number of hydrogen-bond donors (Lipinski definition) is 1. The van der Waals surface area contributed by atoms with Gasteiger partial charge < -0.3 is 4.74 Å². The Morgan fingerprint density at radius 3 is 2.74 bits per heavy atom. The maximum absolute atomic E-state index is 12.1. The fraction of sp³-hybridized carbons (Fsp3) is 0.556. The molecular formula is C18H25ClN2O2. The minimum atomic E-state index is -0.605. The highest BCUT2D eigenvalue weighted by atomic mass is 35.5. The fourth-order valence-corrected chi connectivity index (χ4v) is 2.97. The van der Waals surface area contributed by atoms with E-state index in [0.717, 1.165) is 30.0 Å². The lowest BCUT2D eigenvalue weighted by atomic mass is 9.86. The smallest absolute Gasteiger partial charge is 0.280 e. The SMILES string of the molecule is CCC1CCC(=NNC(=O)C(C)Oc2ccc(Cl)cc2C)CC1. The predicted octanol–water partition coefficient (Wildman–Crippen LogP) is 4.49. The summed E-state index contributed by atoms with van der Waals surface area (Å²) in [5.74, 6) is 1.23. The van der Waals surface area contributed by atoms with E-state index in [1.54, 1.807) is 19.1 Å². The molecular weight excluding hydrogens is 312 g/mol. The van der Waals surface area contributed by atoms with Crippen molar-refractivity contribution in [2.24, 2.45) is 11.0 Å². The van der Waals surface area contributed by atoms with Gasteiger partial charge in [-0.15, -0.1) is 0 Å². The molecule has 1 aromatic rings. The first-order chi connectivity index (χ1) is 11.0. The summed E-state index contributed by atoms with van der Waals surface area (Å²) in [5, 5.41) is 4.92. The molecule has 0 spiro atoms. The van der Waals surface area contributed by atoms with Crippen LogP contribution in [0.4, 0.5) is 0 Å². The van der Waals surface area contributed by atoms with Crippen LogP contribution >= 0.6 is 11.6 Å². The number of benzene rings is 1. The summed E-state index contributed by atoms with van der Waals surface area (Å²) in [4.78, 5) is 12.1. The summed E-state index contributed by atoms with van der Waals surface area (Å²) in [7, 11) is 0. The number of nitrogens with one attached hydrogen (secondary N) is 1. The van der Waals surface area contributed by atoms with Crippen LogP contribution < -0.4 is 10.2 Å². The Bertz CT molecular complexity index is 576. The highest BCUT2D eigenvalue weighted by molar-refractivity contribution is 6.30. The van der Waals surface area contributed by atoms with Gasteiger partial charge in [-0.25, -0.2) is 5.43 Å². The van der Waals surface area contributed by atoms with E-state index in [1.165, 1.54) is 19.3 Å². The molecule has 1 N–H and O–H groups in total. The van der Waals surface area contributed by atoms with Gasteiger partial charge in [-0.05, 0) is 69.2 Å². The lowest BCUT2D eigenvalue weighted by Gasteiger charge is -2.21. The third-order valence-electron chi connectivity index (χ3n) is 4.39. The number of hydrogen-bond acceptors (Lipinski definition) is 3. The third-order valence-corrected chi connectivity index (χ3v) is 4.63. The molecule has 1 saturated carbocycles. The first-order valence-electron chi connectivity index (χ1n) is 8.27. The second kappa shape index (κ2) is 8.34. The minimum absolute atomic E-state index is 0.232. The minimum Gasteiger partial charge on any atom is -0.481 e. The van der Waals surface area contributed by atoms with Gasteiger partial charge in [0.15, 0.2) is 6.10 Å². The van der Waals surface area contributed by atoms with Crippen molar-refractivity contribution in [2.45, 2.75) is 59.0 Å². The van der Waals surface area contributed by atoms with Gasteiger partial charge in [0.1, 0.15) is 5.75 Å². The topological polar surface area (TPSA) is 50.7 Å². The van der Waals surface area contributed by atoms with Gasteiger partial charge in [0, 0.05) is 10.7 Å². The standard InChI is InChI=1S/C18H25ClN2O2/c1-4-14-5-8-16(9-6-14)20-21-18(22)13(3)23-17-10-7-15(19)11-12(17)2/h7,10-11,13-14H,4-6,8-9H2,1-3H3,(H,21,22). The van der Waals surface area contributed by atoms with E-state index in [0.29, 0.717) is 10.8 Å². The quantitative estimate of drug-likeness (QED) is 0.805. The normalized spacial score (nSPS) is 19.1. The molecule has 5 heteroatoms. The van der Waals surface area contributed by atoms with Crippen LogP contribution in [0.5, 0.6) is 5.75 Å². The molecule has 23 heavy (non-hydrogen) atoms. The zero-order valence-electron chi connectivity index (χ0n) is 14.1. The second-order valence-corrected chi connectivity index (χ2v) is 6.61. The molecule has 0 aromatic heterocycles. The molecule has 1 unspecified atom stereocenters. The van der Waals surface area contributed by atoms with Crippen molar-refractivity contribution in [3.8, 4) is 5.75 Å². The monoisotopic (exact) mass is 336 g/mol. The van der Waals surface area contributed by atoms with E-state index in [-0.39, 0.29) is 5.91 Å². The molecule has 0 radical (unpaired) electrons. The Morgan fingerprint density at radius 2 is 2.13 bits per heavy atom. The summed E-state index contributed by atoms with van der Waals surface area (Å²) in [6.07, 6.45) is 4.91. The zero-order chi connectivity index (χ0) is 16.8. The highest BCUT2D eigenvalue weighted by Gasteiger charge is 2.18. The lowest BCUT2D eigenvalue weighted by molar-refractivity contribution is -0.127. The summed E-state index contributed by atoms with van der Waals surface area (Å²) in [5.41, 5.74) is 4.62. The Morgan fingerprint density at radius 1 is 1.43 bits per heavy atom. The van der Waals surface area contributed by atoms with E-state index >= 15 is 0 Å². The van der Waals surface area contributed by atoms with E-state index in [4.69, 9.17) is 16.3 Å². The van der Waals surface area contributed by atoms with Crippen molar-refractivity contribution in [1.29, 1.82) is 0 Å². The third kappa shape index (κ3) is 5.24. The molecule has 0 heterocycles. The molecule has 1 aromatic carbocycles. The fourth-order valence-electron chi connectivity index (χ4n) is 2.74. The number of rotatable bonds is 5. The van der Waals surface area contributed by atoms with Crippen LogP contribution in [0.1, 0.15) is 51.5 Å². The van der Waals surface area contributed by atoms with Gasteiger partial charge in [-0.2, -0.15) is 5.10 Å². The molecule has 1 amide bonds. The summed E-state index contributed by atoms with van der Waals surface area (Å²) < 4.78 is 5.70. The van der Waals surface area contributed by atoms with Gasteiger partial charge in [0.05, 0.1) is 0 Å². The van der Waals surface area contributed by atoms with Crippen molar-refractivity contribution in [2.75, 3.05) is 0 Å². The molecule has 4 nitrogen and oxygen atoms in total. The van der Waals surface area contributed by atoms with E-state index < -0.39 is 6.10 Å². The van der Waals surface area contributed by atoms with Gasteiger partial charge in [0.2, 0.25) is 0 Å². The number of aryl methyl sites for hydroxylation is 1. The van der Waals surface area contributed by atoms with Gasteiger partial charge in [-0.3, -0.25) is 4.79 Å². The Hall–Kier alpha value is -1.55. The highest BCUT2D eigenvalue weighted by Crippen LogP contribution is 2.25. The van der Waals surface area contributed by atoms with Crippen LogP contribution in [0, 0.1) is 12.8 Å². The second-order valence-electron chi connectivity index (χ2n) is 6.18. The molecule has 126 valence electrons. The number of nitrogens with zero attached hydrogens (tertiary/aromatic N) is 1. The lowest BCUT2D eigenvalue weighted by Crippen LogP contribution is -2.34. The van der Waals surface area contributed by atoms with Crippen molar-refractivity contribution in [3.63, 3.8) is 0 Å². The molecule has 2 rings (SSSR count). The van der Waals surface area contributed by atoms with E-state index in [9.17, 15) is 4.79 Å². The summed E-state index contributed by atoms with van der Waals surface area (Å²) in [6, 6.07) is 5.34. The molecule has 0 bridgehead atoms. The number of halogens is 1. The first kappa shape index (κ1) is 17.8. The van der Waals surface area contributed by atoms with Crippen molar-refractivity contribution >= 4 is 23.2 Å². The van der Waals surface area contributed by atoms with Crippen molar-refractivity contribution < 1.29 is 9.53 Å². The number of carbonyl (C=O) groups excluding carboxylic acids is 1. The number of hydrazone groups is 1. The Balaban J connectivity index is 1.85. The predicted molar refractivity (Wildman–Crippen MR) is 94.1 cm³/mol. The Labute approximate surface area is 143 Å². The van der Waals surface area contributed by atoms with Crippen LogP contribution in [0.15, 0.2) is 23.3 Å². The van der Waals surface area contributed by atoms with Crippen LogP contribution in [-0.4, -0.2) is 17.7 Å². The molecule has 1 aliphatic carbocycles. The van der Waals surface area contributed by atoms with Crippen LogP contribution in [0.2, 0.25) is 5.02 Å². The first-order valence-corrected chi connectivity index (χ1v) is 8.65. The van der Waals surface area contributed by atoms with Gasteiger partial charge in [-0.1, -0.05) is 24.9 Å². The van der Waals surface area contributed by atoms with Crippen molar-refractivity contribution in [3.05, 3.63) is 28.8 Å². The number of ether oxygens (including phenoxy) is 1. The maximum Gasteiger partial charge on any atom is 0.280 e. The average Bonchev–Trinajstić information content (AvgIpc) is 2.55. The molecule has 1 atom stereocenters. The number of carbonyl (C=O) groups is 1. The molecule has 1 fully saturated rings. The largest absolute Gasteiger partial charge is 0.481 e. The average molecular weight is 337 g/mol. The van der Waals surface area contributed by atoms with E-state index in [1.807, 2.05) is 13.0 Å². The van der Waals surface area contributed by atoms with Crippen LogP contribution in [0.3, 0.4) is 0 Å².